The van der Waals surface area contributed by atoms with Gasteiger partial charge in [-0.15, -0.1) is 0 Å². The molecule has 1 fully saturated rings. The summed E-state index contributed by atoms with van der Waals surface area (Å²) in [4.78, 5) is 11.7. The monoisotopic (exact) mass is 360 g/mol. The second-order valence-corrected chi connectivity index (χ2v) is 7.78. The molecule has 1 aromatic rings. The van der Waals surface area contributed by atoms with Crippen molar-refractivity contribution in [2.75, 3.05) is 0 Å². The molecule has 3 nitrogen and oxygen atoms in total. The van der Waals surface area contributed by atoms with E-state index in [4.69, 9.17) is 4.74 Å². The van der Waals surface area contributed by atoms with Gasteiger partial charge in [-0.05, 0) is 18.4 Å². The average molecular weight is 361 g/mol. The molecule has 0 bridgehead atoms. The van der Waals surface area contributed by atoms with Gasteiger partial charge in [-0.25, -0.2) is 0 Å². The van der Waals surface area contributed by atoms with Crippen molar-refractivity contribution in [3.63, 3.8) is 0 Å². The van der Waals surface area contributed by atoms with Gasteiger partial charge in [0.25, 0.3) is 0 Å². The Labute approximate surface area is 159 Å². The molecule has 0 aliphatic carbocycles. The van der Waals surface area contributed by atoms with Crippen LogP contribution in [-0.4, -0.2) is 23.3 Å². The number of aliphatic hydroxyl groups excluding tert-OH is 1. The highest BCUT2D eigenvalue weighted by Gasteiger charge is 2.42. The Morgan fingerprint density at radius 1 is 0.962 bits per heavy atom. The molecule has 1 aromatic carbocycles. The number of hydrogen-bond acceptors (Lipinski definition) is 3. The molecule has 1 heterocycles. The quantitative estimate of drug-likeness (QED) is 0.355. The van der Waals surface area contributed by atoms with Crippen LogP contribution in [0.1, 0.15) is 83.1 Å². The molecule has 0 saturated carbocycles. The molecule has 1 aliphatic heterocycles. The van der Waals surface area contributed by atoms with Crippen LogP contribution < -0.4 is 0 Å². The van der Waals surface area contributed by atoms with Crippen molar-refractivity contribution >= 4 is 5.97 Å². The number of carbonyl (C=O) groups excluding carboxylic acids is 1. The van der Waals surface area contributed by atoms with E-state index in [0.717, 1.165) is 24.8 Å². The molecular weight excluding hydrogens is 324 g/mol. The van der Waals surface area contributed by atoms with E-state index in [1.54, 1.807) is 0 Å². The van der Waals surface area contributed by atoms with Crippen LogP contribution in [0, 0.1) is 5.92 Å². The van der Waals surface area contributed by atoms with Gasteiger partial charge in [0.15, 0.2) is 0 Å². The summed E-state index contributed by atoms with van der Waals surface area (Å²) in [6.45, 7) is 2.25. The minimum Gasteiger partial charge on any atom is -0.461 e. The summed E-state index contributed by atoms with van der Waals surface area (Å²) in [6.07, 6.45) is 13.3. The smallest absolute Gasteiger partial charge is 0.313 e. The third-order valence-corrected chi connectivity index (χ3v) is 5.46. The predicted molar refractivity (Wildman–Crippen MR) is 106 cm³/mol. The van der Waals surface area contributed by atoms with Gasteiger partial charge in [0.05, 0.1) is 12.0 Å². The van der Waals surface area contributed by atoms with Gasteiger partial charge in [0.2, 0.25) is 0 Å². The fraction of sp³-hybridized carbons (Fsp3) is 0.696. The second-order valence-electron chi connectivity index (χ2n) is 7.78. The van der Waals surface area contributed by atoms with Crippen molar-refractivity contribution in [3.8, 4) is 0 Å². The minimum atomic E-state index is -0.351. The first-order valence-electron chi connectivity index (χ1n) is 10.6. The summed E-state index contributed by atoms with van der Waals surface area (Å²) in [5, 5.41) is 10.3. The van der Waals surface area contributed by atoms with Gasteiger partial charge >= 0.3 is 5.97 Å². The van der Waals surface area contributed by atoms with E-state index in [1.807, 2.05) is 30.3 Å². The number of benzene rings is 1. The van der Waals surface area contributed by atoms with Gasteiger partial charge in [-0.1, -0.05) is 95.0 Å². The van der Waals surface area contributed by atoms with Crippen molar-refractivity contribution < 1.29 is 14.6 Å². The zero-order chi connectivity index (χ0) is 18.6. The Morgan fingerprint density at radius 2 is 1.58 bits per heavy atom. The lowest BCUT2D eigenvalue weighted by Gasteiger charge is -2.36. The molecule has 1 aliphatic rings. The maximum atomic E-state index is 11.7. The molecule has 0 spiro atoms. The molecule has 1 saturated heterocycles. The molecule has 146 valence electrons. The summed E-state index contributed by atoms with van der Waals surface area (Å²) >= 11 is 0. The van der Waals surface area contributed by atoms with Crippen LogP contribution in [0.4, 0.5) is 0 Å². The summed E-state index contributed by atoms with van der Waals surface area (Å²) in [5.41, 5.74) is 1.16. The molecule has 26 heavy (non-hydrogen) atoms. The Hall–Kier alpha value is -1.35. The van der Waals surface area contributed by atoms with Gasteiger partial charge < -0.3 is 9.84 Å². The number of esters is 1. The first kappa shape index (κ1) is 21.0. The minimum absolute atomic E-state index is 0.0878. The number of aliphatic hydroxyl groups is 1. The lowest BCUT2D eigenvalue weighted by molar-refractivity contribution is -0.187. The van der Waals surface area contributed by atoms with Crippen LogP contribution in [0.25, 0.3) is 0 Å². The van der Waals surface area contributed by atoms with E-state index in [9.17, 15) is 9.90 Å². The normalized spacial score (nSPS) is 20.5. The highest BCUT2D eigenvalue weighted by atomic mass is 16.6. The number of cyclic esters (lactones) is 1. The Bertz CT molecular complexity index is 499. The van der Waals surface area contributed by atoms with Crippen molar-refractivity contribution in [2.24, 2.45) is 5.92 Å². The molecule has 0 unspecified atom stereocenters. The molecule has 3 atom stereocenters. The lowest BCUT2D eigenvalue weighted by Crippen LogP contribution is -2.47. The van der Waals surface area contributed by atoms with Gasteiger partial charge in [0, 0.05) is 6.42 Å². The summed E-state index contributed by atoms with van der Waals surface area (Å²) in [6, 6.07) is 10.1. The summed E-state index contributed by atoms with van der Waals surface area (Å²) in [7, 11) is 0. The maximum Gasteiger partial charge on any atom is 0.313 e. The van der Waals surface area contributed by atoms with Crippen LogP contribution in [-0.2, 0) is 16.0 Å². The van der Waals surface area contributed by atoms with Crippen LogP contribution in [0.5, 0.6) is 0 Å². The molecule has 0 amide bonds. The molecule has 1 N–H and O–H groups in total. The molecular formula is C23H36O3. The van der Waals surface area contributed by atoms with Crippen molar-refractivity contribution in [1.29, 1.82) is 0 Å². The van der Waals surface area contributed by atoms with Crippen molar-refractivity contribution in [1.82, 2.24) is 0 Å². The van der Waals surface area contributed by atoms with Gasteiger partial charge in [-0.2, -0.15) is 0 Å². The van der Waals surface area contributed by atoms with E-state index >= 15 is 0 Å². The topological polar surface area (TPSA) is 46.5 Å². The number of hydrogen-bond donors (Lipinski definition) is 1. The Morgan fingerprint density at radius 3 is 2.19 bits per heavy atom. The average Bonchev–Trinajstić information content (AvgIpc) is 2.65. The molecule has 3 heteroatoms. The van der Waals surface area contributed by atoms with Crippen molar-refractivity contribution in [3.05, 3.63) is 35.9 Å². The van der Waals surface area contributed by atoms with E-state index < -0.39 is 0 Å². The van der Waals surface area contributed by atoms with E-state index in [0.29, 0.717) is 6.42 Å². The molecule has 0 radical (unpaired) electrons. The Balaban J connectivity index is 1.53. The molecule has 0 aromatic heterocycles. The number of rotatable bonds is 14. The van der Waals surface area contributed by atoms with Crippen LogP contribution >= 0.6 is 0 Å². The Kier molecular flexibility index (Phi) is 9.76. The van der Waals surface area contributed by atoms with E-state index in [1.165, 1.54) is 51.4 Å². The van der Waals surface area contributed by atoms with E-state index in [2.05, 4.69) is 6.92 Å². The molecule has 2 rings (SSSR count). The number of unbranched alkanes of at least 4 members (excludes halogenated alkanes) is 8. The maximum absolute atomic E-state index is 11.7. The second kappa shape index (κ2) is 12.1. The van der Waals surface area contributed by atoms with Gasteiger partial charge in [0.1, 0.15) is 6.10 Å². The van der Waals surface area contributed by atoms with Gasteiger partial charge in [-0.3, -0.25) is 4.79 Å². The van der Waals surface area contributed by atoms with Crippen molar-refractivity contribution in [2.45, 2.75) is 96.2 Å². The zero-order valence-corrected chi connectivity index (χ0v) is 16.4. The fourth-order valence-electron chi connectivity index (χ4n) is 3.77. The lowest BCUT2D eigenvalue weighted by atomic mass is 9.86. The summed E-state index contributed by atoms with van der Waals surface area (Å²) < 4.78 is 5.29. The van der Waals surface area contributed by atoms with Crippen LogP contribution in [0.2, 0.25) is 0 Å². The first-order chi connectivity index (χ1) is 12.7. The van der Waals surface area contributed by atoms with E-state index in [-0.39, 0.29) is 24.1 Å². The fourth-order valence-corrected chi connectivity index (χ4v) is 3.77. The zero-order valence-electron chi connectivity index (χ0n) is 16.4. The highest BCUT2D eigenvalue weighted by molar-refractivity contribution is 5.78. The largest absolute Gasteiger partial charge is 0.461 e. The highest BCUT2D eigenvalue weighted by Crippen LogP contribution is 2.30. The number of ether oxygens (including phenoxy) is 1. The third-order valence-electron chi connectivity index (χ3n) is 5.46. The SMILES string of the molecule is CCCCCCCCCCC[C@H](O)C[C@@H]1OC(=O)[C@H]1Cc1ccccc1. The first-order valence-corrected chi connectivity index (χ1v) is 10.6. The number of carbonyl (C=O) groups is 1. The third kappa shape index (κ3) is 7.49. The summed E-state index contributed by atoms with van der Waals surface area (Å²) in [5.74, 6) is -0.204. The van der Waals surface area contributed by atoms with Crippen LogP contribution in [0.15, 0.2) is 30.3 Å². The van der Waals surface area contributed by atoms with Crippen LogP contribution in [0.3, 0.4) is 0 Å². The predicted octanol–water partition coefficient (Wildman–Crippen LogP) is 5.44. The standard InChI is InChI=1S/C23H36O3/c1-2-3-4-5-6-7-8-9-13-16-20(24)18-22-21(23(25)26-22)17-19-14-11-10-12-15-19/h10-12,14-15,20-22,24H,2-9,13,16-18H2,1H3/t20-,21-,22-/m0/s1.